The number of para-hydroxylation sites is 1. The van der Waals surface area contributed by atoms with Crippen LogP contribution in [0.4, 0.5) is 11.5 Å². The second kappa shape index (κ2) is 11.4. The Kier molecular flexibility index (Phi) is 7.86. The Morgan fingerprint density at radius 2 is 1.78 bits per heavy atom. The molecule has 9 heteroatoms. The zero-order valence-corrected chi connectivity index (χ0v) is 20.9. The molecule has 0 bridgehead atoms. The number of aromatic nitrogens is 1. The van der Waals surface area contributed by atoms with Gasteiger partial charge in [0.05, 0.1) is 10.8 Å². The van der Waals surface area contributed by atoms with Crippen LogP contribution in [0.2, 0.25) is 0 Å². The largest absolute Gasteiger partial charge is 0.457 e. The Bertz CT molecular complexity index is 1440. The summed E-state index contributed by atoms with van der Waals surface area (Å²) in [4.78, 5) is 17.4. The first-order valence-corrected chi connectivity index (χ1v) is 12.8. The van der Waals surface area contributed by atoms with E-state index in [9.17, 15) is 15.3 Å². The van der Waals surface area contributed by atoms with Crippen LogP contribution in [0.5, 0.6) is 11.5 Å². The number of pyridine rings is 1. The molecule has 2 aromatic carbocycles. The Balaban J connectivity index is 1.53. The van der Waals surface area contributed by atoms with Crippen molar-refractivity contribution in [2.24, 2.45) is 0 Å². The third-order valence-electron chi connectivity index (χ3n) is 5.24. The second-order valence-electron chi connectivity index (χ2n) is 7.61. The monoisotopic (exact) mass is 511 g/mol. The number of hydrogen-bond donors (Lipinski definition) is 2. The quantitative estimate of drug-likeness (QED) is 0.261. The number of thioether (sulfide) groups is 1. The first-order chi connectivity index (χ1) is 17.5. The van der Waals surface area contributed by atoms with Gasteiger partial charge in [-0.2, -0.15) is 21.9 Å². The number of thiophene rings is 1. The van der Waals surface area contributed by atoms with E-state index in [1.54, 1.807) is 24.3 Å². The number of carbonyl (C=O) groups excluding carboxylic acids is 1. The molecule has 1 unspecified atom stereocenters. The van der Waals surface area contributed by atoms with Crippen molar-refractivity contribution in [3.63, 3.8) is 0 Å². The van der Waals surface area contributed by atoms with Gasteiger partial charge < -0.3 is 15.8 Å². The maximum Gasteiger partial charge on any atom is 0.237 e. The minimum absolute atomic E-state index is 0.0319. The van der Waals surface area contributed by atoms with Crippen LogP contribution in [0.25, 0.3) is 11.1 Å². The number of nitrogens with one attached hydrogen (secondary N) is 1. The number of nitrogens with two attached hydrogens (primary N) is 1. The lowest BCUT2D eigenvalue weighted by Gasteiger charge is -2.17. The molecule has 178 valence electrons. The molecule has 0 saturated heterocycles. The molecule has 36 heavy (non-hydrogen) atoms. The van der Waals surface area contributed by atoms with Crippen LogP contribution in [0, 0.1) is 22.7 Å². The van der Waals surface area contributed by atoms with Crippen LogP contribution in [-0.2, 0) is 4.79 Å². The van der Waals surface area contributed by atoms with Crippen LogP contribution in [0.1, 0.15) is 24.5 Å². The Morgan fingerprint density at radius 3 is 2.39 bits per heavy atom. The third kappa shape index (κ3) is 5.49. The summed E-state index contributed by atoms with van der Waals surface area (Å²) in [5.41, 5.74) is 8.26. The molecule has 0 aliphatic rings. The predicted octanol–water partition coefficient (Wildman–Crippen LogP) is 6.44. The summed E-state index contributed by atoms with van der Waals surface area (Å²) >= 11 is 2.61. The van der Waals surface area contributed by atoms with E-state index in [0.29, 0.717) is 28.4 Å². The van der Waals surface area contributed by atoms with Crippen LogP contribution >= 0.6 is 23.1 Å². The number of nitrogen functional groups attached to an aromatic ring is 1. The average Bonchev–Trinajstić information content (AvgIpc) is 3.43. The first kappa shape index (κ1) is 24.8. The van der Waals surface area contributed by atoms with Crippen molar-refractivity contribution < 1.29 is 9.53 Å². The highest BCUT2D eigenvalue weighted by Crippen LogP contribution is 2.38. The topological polar surface area (TPSA) is 125 Å². The van der Waals surface area contributed by atoms with Gasteiger partial charge in [-0.05, 0) is 65.2 Å². The minimum atomic E-state index is -0.535. The number of hydrogen-bond acceptors (Lipinski definition) is 8. The highest BCUT2D eigenvalue weighted by atomic mass is 32.2. The third-order valence-corrected chi connectivity index (χ3v) is 7.28. The number of nitriles is 2. The van der Waals surface area contributed by atoms with Gasteiger partial charge in [0.25, 0.3) is 0 Å². The summed E-state index contributed by atoms with van der Waals surface area (Å²) in [6.45, 7) is 1.88. The first-order valence-electron chi connectivity index (χ1n) is 11.0. The van der Waals surface area contributed by atoms with E-state index < -0.39 is 5.25 Å². The highest BCUT2D eigenvalue weighted by Gasteiger charge is 2.25. The van der Waals surface area contributed by atoms with Crippen molar-refractivity contribution in [1.82, 2.24) is 4.98 Å². The summed E-state index contributed by atoms with van der Waals surface area (Å²) in [7, 11) is 0. The van der Waals surface area contributed by atoms with E-state index in [4.69, 9.17) is 10.5 Å². The lowest BCUT2D eigenvalue weighted by Crippen LogP contribution is -2.25. The molecule has 0 fully saturated rings. The van der Waals surface area contributed by atoms with Gasteiger partial charge in [0.1, 0.15) is 40.0 Å². The Hall–Kier alpha value is -4.31. The molecule has 0 radical (unpaired) electrons. The molecular formula is C27H21N5O2S2. The normalized spacial score (nSPS) is 11.2. The predicted molar refractivity (Wildman–Crippen MR) is 143 cm³/mol. The van der Waals surface area contributed by atoms with Crippen LogP contribution in [-0.4, -0.2) is 16.1 Å². The van der Waals surface area contributed by atoms with E-state index in [0.717, 1.165) is 23.1 Å². The lowest BCUT2D eigenvalue weighted by molar-refractivity contribution is -0.115. The van der Waals surface area contributed by atoms with Gasteiger partial charge in [-0.3, -0.25) is 4.79 Å². The Morgan fingerprint density at radius 1 is 1.08 bits per heavy atom. The molecule has 4 aromatic rings. The summed E-state index contributed by atoms with van der Waals surface area (Å²) < 4.78 is 5.79. The molecule has 0 aliphatic heterocycles. The van der Waals surface area contributed by atoms with E-state index >= 15 is 0 Å². The summed E-state index contributed by atoms with van der Waals surface area (Å²) in [6, 6.07) is 22.6. The van der Waals surface area contributed by atoms with Gasteiger partial charge in [-0.15, -0.1) is 0 Å². The fourth-order valence-corrected chi connectivity index (χ4v) is 5.15. The fourth-order valence-electron chi connectivity index (χ4n) is 3.49. The van der Waals surface area contributed by atoms with Gasteiger partial charge >= 0.3 is 0 Å². The van der Waals surface area contributed by atoms with Gasteiger partial charge in [0.2, 0.25) is 5.91 Å². The zero-order chi connectivity index (χ0) is 25.5. The van der Waals surface area contributed by atoms with E-state index in [1.807, 2.05) is 54.1 Å². The molecule has 4 rings (SSSR count). The van der Waals surface area contributed by atoms with Crippen molar-refractivity contribution in [3.8, 4) is 34.8 Å². The SMILES string of the molecule is CCC(Sc1nc(N)c(C#N)c(-c2ccsc2)c1C#N)C(=O)Nc1ccc(Oc2ccccc2)cc1. The standard InChI is InChI=1S/C27H21N5O2S2/c1-2-23(26(33)31-18-8-10-20(11-9-18)34-19-6-4-3-5-7-19)36-27-22(15-29)24(17-12-13-35-16-17)21(14-28)25(30)32-27/h3-13,16,23H,2H2,1H3,(H2,30,32)(H,31,33). The number of anilines is 2. The van der Waals surface area contributed by atoms with Crippen molar-refractivity contribution in [2.45, 2.75) is 23.6 Å². The molecule has 0 aliphatic carbocycles. The van der Waals surface area contributed by atoms with E-state index in [2.05, 4.69) is 22.4 Å². The van der Waals surface area contributed by atoms with Crippen molar-refractivity contribution in [1.29, 1.82) is 10.5 Å². The van der Waals surface area contributed by atoms with Crippen LogP contribution in [0.3, 0.4) is 0 Å². The lowest BCUT2D eigenvalue weighted by atomic mass is 9.99. The molecule has 3 N–H and O–H groups in total. The van der Waals surface area contributed by atoms with Crippen LogP contribution in [0.15, 0.2) is 76.4 Å². The number of rotatable bonds is 8. The summed E-state index contributed by atoms with van der Waals surface area (Å²) in [5, 5.41) is 26.0. The maximum absolute atomic E-state index is 13.1. The molecule has 1 amide bonds. The van der Waals surface area contributed by atoms with Crippen molar-refractivity contribution in [2.75, 3.05) is 11.1 Å². The zero-order valence-electron chi connectivity index (χ0n) is 19.3. The highest BCUT2D eigenvalue weighted by molar-refractivity contribution is 8.00. The number of amides is 1. The van der Waals surface area contributed by atoms with E-state index in [-0.39, 0.29) is 22.9 Å². The minimum Gasteiger partial charge on any atom is -0.457 e. The van der Waals surface area contributed by atoms with Crippen molar-refractivity contribution in [3.05, 3.63) is 82.6 Å². The summed E-state index contributed by atoms with van der Waals surface area (Å²) in [5.74, 6) is 1.17. The van der Waals surface area contributed by atoms with Gasteiger partial charge in [0.15, 0.2) is 0 Å². The molecule has 2 heterocycles. The van der Waals surface area contributed by atoms with Crippen LogP contribution < -0.4 is 15.8 Å². The van der Waals surface area contributed by atoms with Gasteiger partial charge in [0, 0.05) is 11.3 Å². The summed E-state index contributed by atoms with van der Waals surface area (Å²) in [6.07, 6.45) is 0.492. The molecule has 1 atom stereocenters. The number of nitrogens with zero attached hydrogens (tertiary/aromatic N) is 3. The number of ether oxygens (including phenoxy) is 1. The number of benzene rings is 2. The van der Waals surface area contributed by atoms with E-state index in [1.165, 1.54) is 11.3 Å². The molecule has 0 spiro atoms. The maximum atomic E-state index is 13.1. The van der Waals surface area contributed by atoms with Crippen molar-refractivity contribution >= 4 is 40.5 Å². The second-order valence-corrected chi connectivity index (χ2v) is 9.58. The fraction of sp³-hybridized carbons (Fsp3) is 0.111. The molecular weight excluding hydrogens is 490 g/mol. The average molecular weight is 512 g/mol. The van der Waals surface area contributed by atoms with Gasteiger partial charge in [-0.1, -0.05) is 36.9 Å². The smallest absolute Gasteiger partial charge is 0.237 e. The molecule has 2 aromatic heterocycles. The Labute approximate surface area is 217 Å². The molecule has 7 nitrogen and oxygen atoms in total. The number of carbonyl (C=O) groups is 1. The van der Waals surface area contributed by atoms with Gasteiger partial charge in [-0.25, -0.2) is 4.98 Å². The molecule has 0 saturated carbocycles.